The first-order chi connectivity index (χ1) is 13.2. The number of carbonyl (C=O) groups excluding carboxylic acids is 1. The maximum atomic E-state index is 12.9. The number of nitrogens with one attached hydrogen (secondary N) is 1. The minimum Gasteiger partial charge on any atom is -0.350 e. The summed E-state index contributed by atoms with van der Waals surface area (Å²) >= 11 is 0. The molecule has 1 amide bonds. The summed E-state index contributed by atoms with van der Waals surface area (Å²) in [5, 5.41) is 21.5. The molecule has 4 rings (SSSR count). The van der Waals surface area contributed by atoms with Gasteiger partial charge < -0.3 is 9.88 Å². The molecule has 1 saturated carbocycles. The summed E-state index contributed by atoms with van der Waals surface area (Å²) in [5.74, 6) is 1.83. The monoisotopic (exact) mass is 363 g/mol. The highest BCUT2D eigenvalue weighted by Gasteiger charge is 2.41. The van der Waals surface area contributed by atoms with Gasteiger partial charge in [-0.15, -0.1) is 10.2 Å². The molecule has 0 saturated heterocycles. The van der Waals surface area contributed by atoms with Crippen molar-refractivity contribution in [2.75, 3.05) is 0 Å². The number of fused-ring (bicyclic) bond motifs is 1. The van der Waals surface area contributed by atoms with Crippen LogP contribution >= 0.6 is 0 Å². The number of rotatable bonds is 4. The number of benzene rings is 1. The molecule has 1 aliphatic carbocycles. The average molecular weight is 363 g/mol. The Morgan fingerprint density at radius 2 is 2.00 bits per heavy atom. The minimum atomic E-state index is -0.835. The molecule has 2 aromatic rings. The van der Waals surface area contributed by atoms with E-state index in [1.165, 1.54) is 5.56 Å². The highest BCUT2D eigenvalue weighted by molar-refractivity contribution is 5.85. The number of nitriles is 1. The highest BCUT2D eigenvalue weighted by Crippen LogP contribution is 2.36. The van der Waals surface area contributed by atoms with Crippen molar-refractivity contribution < 1.29 is 4.79 Å². The first kappa shape index (κ1) is 17.7. The molecular weight excluding hydrogens is 338 g/mol. The molecule has 27 heavy (non-hydrogen) atoms. The lowest BCUT2D eigenvalue weighted by Crippen LogP contribution is -2.48. The van der Waals surface area contributed by atoms with Crippen molar-refractivity contribution in [2.24, 2.45) is 5.41 Å². The van der Waals surface area contributed by atoms with E-state index in [0.717, 1.165) is 50.2 Å². The van der Waals surface area contributed by atoms with E-state index < -0.39 is 5.41 Å². The van der Waals surface area contributed by atoms with E-state index in [4.69, 9.17) is 0 Å². The van der Waals surface area contributed by atoms with Crippen LogP contribution in [-0.2, 0) is 24.2 Å². The Morgan fingerprint density at radius 3 is 2.74 bits per heavy atom. The van der Waals surface area contributed by atoms with Crippen LogP contribution in [0.1, 0.15) is 55.7 Å². The van der Waals surface area contributed by atoms with Gasteiger partial charge in [-0.1, -0.05) is 49.6 Å². The SMILES string of the molecule is N#CC1(C(=O)N[C@H]2CCc3nnc(Cc4ccccc4)n3C2)CCCCC1. The Bertz CT molecular complexity index is 845. The largest absolute Gasteiger partial charge is 0.350 e. The molecule has 2 heterocycles. The highest BCUT2D eigenvalue weighted by atomic mass is 16.2. The number of hydrogen-bond donors (Lipinski definition) is 1. The maximum Gasteiger partial charge on any atom is 0.240 e. The van der Waals surface area contributed by atoms with Gasteiger partial charge in [-0.25, -0.2) is 0 Å². The third-order valence-electron chi connectivity index (χ3n) is 5.92. The molecule has 6 heteroatoms. The summed E-state index contributed by atoms with van der Waals surface area (Å²) in [4.78, 5) is 12.9. The van der Waals surface area contributed by atoms with Crippen molar-refractivity contribution in [2.45, 2.75) is 64.0 Å². The molecule has 1 aromatic heterocycles. The van der Waals surface area contributed by atoms with Crippen LogP contribution in [0.3, 0.4) is 0 Å². The Balaban J connectivity index is 1.46. The van der Waals surface area contributed by atoms with Crippen molar-refractivity contribution in [1.29, 1.82) is 5.26 Å². The Morgan fingerprint density at radius 1 is 1.22 bits per heavy atom. The van der Waals surface area contributed by atoms with Crippen LogP contribution in [0.5, 0.6) is 0 Å². The summed E-state index contributed by atoms with van der Waals surface area (Å²) in [7, 11) is 0. The number of nitrogens with zero attached hydrogens (tertiary/aromatic N) is 4. The smallest absolute Gasteiger partial charge is 0.240 e. The van der Waals surface area contributed by atoms with Crippen molar-refractivity contribution in [3.05, 3.63) is 47.5 Å². The van der Waals surface area contributed by atoms with Gasteiger partial charge in [-0.05, 0) is 24.8 Å². The molecule has 0 bridgehead atoms. The predicted octanol–water partition coefficient (Wildman–Crippen LogP) is 2.77. The summed E-state index contributed by atoms with van der Waals surface area (Å²) in [6, 6.07) is 12.6. The number of carbonyl (C=O) groups is 1. The molecule has 0 unspecified atom stereocenters. The number of hydrogen-bond acceptors (Lipinski definition) is 4. The van der Waals surface area contributed by atoms with Crippen LogP contribution in [-0.4, -0.2) is 26.7 Å². The fraction of sp³-hybridized carbons (Fsp3) is 0.524. The van der Waals surface area contributed by atoms with E-state index in [1.54, 1.807) is 0 Å². The summed E-state index contributed by atoms with van der Waals surface area (Å²) < 4.78 is 2.14. The first-order valence-corrected chi connectivity index (χ1v) is 9.87. The van der Waals surface area contributed by atoms with Crippen LogP contribution in [0, 0.1) is 16.7 Å². The Labute approximate surface area is 159 Å². The zero-order chi connectivity index (χ0) is 18.7. The second kappa shape index (κ2) is 7.51. The van der Waals surface area contributed by atoms with Gasteiger partial charge in [0.15, 0.2) is 0 Å². The molecule has 140 valence electrons. The van der Waals surface area contributed by atoms with Gasteiger partial charge in [0.05, 0.1) is 6.07 Å². The van der Waals surface area contributed by atoms with Gasteiger partial charge in [0.2, 0.25) is 5.91 Å². The van der Waals surface area contributed by atoms with E-state index >= 15 is 0 Å². The number of aryl methyl sites for hydroxylation is 1. The topological polar surface area (TPSA) is 83.6 Å². The van der Waals surface area contributed by atoms with Crippen molar-refractivity contribution in [3.8, 4) is 6.07 Å². The predicted molar refractivity (Wildman–Crippen MR) is 101 cm³/mol. The van der Waals surface area contributed by atoms with Crippen LogP contribution in [0.2, 0.25) is 0 Å². The van der Waals surface area contributed by atoms with Gasteiger partial charge in [0.25, 0.3) is 0 Å². The van der Waals surface area contributed by atoms with Crippen molar-refractivity contribution in [3.63, 3.8) is 0 Å². The Hall–Kier alpha value is -2.68. The number of amides is 1. The molecule has 1 atom stereocenters. The quantitative estimate of drug-likeness (QED) is 0.905. The number of aromatic nitrogens is 3. The van der Waals surface area contributed by atoms with Crippen LogP contribution in [0.25, 0.3) is 0 Å². The third-order valence-corrected chi connectivity index (χ3v) is 5.92. The molecule has 0 spiro atoms. The van der Waals surface area contributed by atoms with Gasteiger partial charge in [-0.3, -0.25) is 4.79 Å². The second-order valence-corrected chi connectivity index (χ2v) is 7.77. The average Bonchev–Trinajstić information content (AvgIpc) is 3.11. The van der Waals surface area contributed by atoms with E-state index in [0.29, 0.717) is 19.4 Å². The van der Waals surface area contributed by atoms with Gasteiger partial charge in [-0.2, -0.15) is 5.26 Å². The molecule has 1 aromatic carbocycles. The van der Waals surface area contributed by atoms with Crippen LogP contribution < -0.4 is 5.32 Å². The lowest BCUT2D eigenvalue weighted by molar-refractivity contribution is -0.130. The van der Waals surface area contributed by atoms with E-state index in [9.17, 15) is 10.1 Å². The second-order valence-electron chi connectivity index (χ2n) is 7.77. The van der Waals surface area contributed by atoms with Gasteiger partial charge in [0, 0.05) is 25.4 Å². The molecule has 1 fully saturated rings. The first-order valence-electron chi connectivity index (χ1n) is 9.87. The summed E-state index contributed by atoms with van der Waals surface area (Å²) in [6.45, 7) is 0.678. The Kier molecular flexibility index (Phi) is 4.93. The third kappa shape index (κ3) is 3.59. The molecule has 1 aliphatic heterocycles. The minimum absolute atomic E-state index is 0.0303. The van der Waals surface area contributed by atoms with E-state index in [2.05, 4.69) is 38.3 Å². The fourth-order valence-corrected chi connectivity index (χ4v) is 4.28. The molecule has 6 nitrogen and oxygen atoms in total. The molecule has 0 radical (unpaired) electrons. The van der Waals surface area contributed by atoms with Gasteiger partial charge in [0.1, 0.15) is 17.1 Å². The fourth-order valence-electron chi connectivity index (χ4n) is 4.28. The zero-order valence-corrected chi connectivity index (χ0v) is 15.5. The zero-order valence-electron chi connectivity index (χ0n) is 15.5. The van der Waals surface area contributed by atoms with E-state index in [-0.39, 0.29) is 11.9 Å². The van der Waals surface area contributed by atoms with E-state index in [1.807, 2.05) is 18.2 Å². The van der Waals surface area contributed by atoms with Crippen LogP contribution in [0.4, 0.5) is 0 Å². The molecule has 1 N–H and O–H groups in total. The van der Waals surface area contributed by atoms with Gasteiger partial charge >= 0.3 is 0 Å². The maximum absolute atomic E-state index is 12.9. The van der Waals surface area contributed by atoms with Crippen molar-refractivity contribution in [1.82, 2.24) is 20.1 Å². The van der Waals surface area contributed by atoms with Crippen LogP contribution in [0.15, 0.2) is 30.3 Å². The summed E-state index contributed by atoms with van der Waals surface area (Å²) in [6.07, 6.45) is 6.77. The molecular formula is C21H25N5O. The van der Waals surface area contributed by atoms with Crippen molar-refractivity contribution >= 4 is 5.91 Å². The normalized spacial score (nSPS) is 21.1. The lowest BCUT2D eigenvalue weighted by atomic mass is 9.74. The lowest BCUT2D eigenvalue weighted by Gasteiger charge is -2.32. The molecule has 2 aliphatic rings. The summed E-state index contributed by atoms with van der Waals surface area (Å²) in [5.41, 5.74) is 0.364. The standard InChI is InChI=1S/C21H25N5O/c22-15-21(11-5-2-6-12-21)20(27)23-17-9-10-18-24-25-19(26(18)14-17)13-16-7-3-1-4-8-16/h1,3-4,7-8,17H,2,5-6,9-14H2,(H,23,27)/t17-/m0/s1.